The zero-order chi connectivity index (χ0) is 31.4. The second-order valence-corrected chi connectivity index (χ2v) is 12.9. The molecule has 0 spiro atoms. The second kappa shape index (κ2) is 13.1. The second-order valence-electron chi connectivity index (χ2n) is 12.9. The number of urea groups is 1. The summed E-state index contributed by atoms with van der Waals surface area (Å²) in [5.41, 5.74) is 5.86. The highest BCUT2D eigenvalue weighted by Crippen LogP contribution is 2.38. The summed E-state index contributed by atoms with van der Waals surface area (Å²) >= 11 is 0. The Morgan fingerprint density at radius 1 is 1.05 bits per heavy atom. The third kappa shape index (κ3) is 7.21. The number of anilines is 4. The maximum Gasteiger partial charge on any atom is 0.413 e. The molecule has 0 atom stereocenters. The number of carbonyl (C=O) groups excluding carboxylic acids is 2. The Morgan fingerprint density at radius 2 is 1.77 bits per heavy atom. The first-order valence-electron chi connectivity index (χ1n) is 15.6. The number of nitrogens with one attached hydrogen (secondary N) is 2. The van der Waals surface area contributed by atoms with Crippen LogP contribution in [-0.2, 0) is 11.3 Å². The first kappa shape index (κ1) is 31.0. The van der Waals surface area contributed by atoms with Crippen molar-refractivity contribution in [3.8, 4) is 0 Å². The SMILES string of the molecule is Cc1ccc2c(c1)N(c1ccc(NCc3cccnc3NC(=O)OC(C)(C)C)cc1)C(=O)N(C(C)C)N=C2C1CCCCC1. The van der Waals surface area contributed by atoms with E-state index in [-0.39, 0.29) is 12.1 Å². The van der Waals surface area contributed by atoms with Crippen LogP contribution in [0, 0.1) is 12.8 Å². The van der Waals surface area contributed by atoms with Crippen LogP contribution in [0.25, 0.3) is 0 Å². The van der Waals surface area contributed by atoms with Crippen molar-refractivity contribution in [2.24, 2.45) is 11.0 Å². The number of nitrogens with zero attached hydrogens (tertiary/aromatic N) is 4. The lowest BCUT2D eigenvalue weighted by Gasteiger charge is -2.29. The molecule has 1 aliphatic carbocycles. The molecule has 1 aromatic heterocycles. The summed E-state index contributed by atoms with van der Waals surface area (Å²) in [7, 11) is 0. The van der Waals surface area contributed by atoms with Gasteiger partial charge in [0, 0.05) is 35.5 Å². The number of amides is 3. The van der Waals surface area contributed by atoms with Crippen LogP contribution in [0.2, 0.25) is 0 Å². The number of fused-ring (bicyclic) bond motifs is 1. The van der Waals surface area contributed by atoms with Crippen LogP contribution < -0.4 is 15.5 Å². The van der Waals surface area contributed by atoms with Crippen molar-refractivity contribution in [2.45, 2.75) is 91.8 Å². The van der Waals surface area contributed by atoms with Crippen LogP contribution in [0.15, 0.2) is 65.9 Å². The normalized spacial score (nSPS) is 15.9. The zero-order valence-electron chi connectivity index (χ0n) is 26.7. The fourth-order valence-corrected chi connectivity index (χ4v) is 5.74. The number of ether oxygens (including phenoxy) is 1. The average molecular weight is 597 g/mol. The van der Waals surface area contributed by atoms with Crippen LogP contribution in [0.1, 0.15) is 83.4 Å². The minimum absolute atomic E-state index is 0.0945. The van der Waals surface area contributed by atoms with Crippen molar-refractivity contribution in [1.29, 1.82) is 0 Å². The third-order valence-electron chi connectivity index (χ3n) is 7.87. The molecule has 5 rings (SSSR count). The van der Waals surface area contributed by atoms with E-state index in [0.717, 1.165) is 52.3 Å². The van der Waals surface area contributed by atoms with E-state index in [1.807, 2.05) is 71.0 Å². The molecule has 2 heterocycles. The van der Waals surface area contributed by atoms with Gasteiger partial charge in [0.1, 0.15) is 11.4 Å². The van der Waals surface area contributed by atoms with Crippen molar-refractivity contribution in [2.75, 3.05) is 15.5 Å². The summed E-state index contributed by atoms with van der Waals surface area (Å²) in [6, 6.07) is 17.7. The average Bonchev–Trinajstić information content (AvgIpc) is 3.10. The quantitative estimate of drug-likeness (QED) is 0.284. The van der Waals surface area contributed by atoms with Crippen LogP contribution in [-0.4, -0.2) is 39.5 Å². The molecular weight excluding hydrogens is 552 g/mol. The Kier molecular flexibility index (Phi) is 9.22. The first-order chi connectivity index (χ1) is 21.0. The molecule has 9 nitrogen and oxygen atoms in total. The van der Waals surface area contributed by atoms with E-state index < -0.39 is 11.7 Å². The first-order valence-corrected chi connectivity index (χ1v) is 15.6. The fourth-order valence-electron chi connectivity index (χ4n) is 5.74. The van der Waals surface area contributed by atoms with Crippen molar-refractivity contribution < 1.29 is 14.3 Å². The molecule has 2 N–H and O–H groups in total. The number of hydrogen-bond donors (Lipinski definition) is 2. The maximum absolute atomic E-state index is 14.2. The number of hydrogen-bond acceptors (Lipinski definition) is 6. The van der Waals surface area contributed by atoms with Crippen LogP contribution >= 0.6 is 0 Å². The lowest BCUT2D eigenvalue weighted by atomic mass is 9.82. The number of carbonyl (C=O) groups is 2. The van der Waals surface area contributed by atoms with Gasteiger partial charge in [-0.15, -0.1) is 0 Å². The summed E-state index contributed by atoms with van der Waals surface area (Å²) in [4.78, 5) is 32.6. The van der Waals surface area contributed by atoms with Crippen molar-refractivity contribution >= 4 is 40.7 Å². The topological polar surface area (TPSA) is 99.2 Å². The van der Waals surface area contributed by atoms with Crippen molar-refractivity contribution in [1.82, 2.24) is 9.99 Å². The lowest BCUT2D eigenvalue weighted by molar-refractivity contribution is 0.0635. The van der Waals surface area contributed by atoms with Gasteiger partial charge in [-0.3, -0.25) is 10.2 Å². The summed E-state index contributed by atoms with van der Waals surface area (Å²) < 4.78 is 5.39. The van der Waals surface area contributed by atoms with Gasteiger partial charge in [-0.2, -0.15) is 5.10 Å². The highest BCUT2D eigenvalue weighted by atomic mass is 16.6. The monoisotopic (exact) mass is 596 g/mol. The molecule has 2 aromatic carbocycles. The van der Waals surface area contributed by atoms with Gasteiger partial charge in [-0.05, 0) is 96.3 Å². The molecule has 0 radical (unpaired) electrons. The van der Waals surface area contributed by atoms with E-state index in [1.165, 1.54) is 19.3 Å². The van der Waals surface area contributed by atoms with E-state index in [0.29, 0.717) is 18.3 Å². The highest BCUT2D eigenvalue weighted by Gasteiger charge is 2.35. The Morgan fingerprint density at radius 3 is 2.45 bits per heavy atom. The minimum Gasteiger partial charge on any atom is -0.444 e. The molecule has 0 saturated heterocycles. The van der Waals surface area contributed by atoms with Gasteiger partial charge in [-0.25, -0.2) is 19.6 Å². The number of hydrazone groups is 1. The van der Waals surface area contributed by atoms with Gasteiger partial charge in [0.25, 0.3) is 0 Å². The van der Waals surface area contributed by atoms with E-state index in [2.05, 4.69) is 40.7 Å². The minimum atomic E-state index is -0.608. The van der Waals surface area contributed by atoms with Crippen LogP contribution in [0.3, 0.4) is 0 Å². The summed E-state index contributed by atoms with van der Waals surface area (Å²) in [5.74, 6) is 0.781. The number of rotatable bonds is 7. The molecule has 44 heavy (non-hydrogen) atoms. The molecule has 1 fully saturated rings. The zero-order valence-corrected chi connectivity index (χ0v) is 26.7. The molecule has 1 aliphatic heterocycles. The van der Waals surface area contributed by atoms with Gasteiger partial charge in [-0.1, -0.05) is 37.5 Å². The molecular formula is C35H44N6O3. The Hall–Kier alpha value is -4.40. The van der Waals surface area contributed by atoms with E-state index in [1.54, 1.807) is 16.1 Å². The fraction of sp³-hybridized carbons (Fsp3) is 0.429. The Labute approximate surface area is 260 Å². The third-order valence-corrected chi connectivity index (χ3v) is 7.87. The van der Waals surface area contributed by atoms with Crippen molar-refractivity contribution in [3.05, 3.63) is 77.5 Å². The molecule has 1 saturated carbocycles. The standard InChI is InChI=1S/C35H44N6O3/c1-23(2)41-34(43)40(30-21-24(3)14-19-29(30)31(39-41)25-11-8-7-9-12-25)28-17-15-27(16-18-28)37-22-26-13-10-20-36-32(26)38-33(42)44-35(4,5)6/h10,13-21,23,25,37H,7-9,11-12,22H2,1-6H3,(H,36,38,42). The predicted octanol–water partition coefficient (Wildman–Crippen LogP) is 8.62. The number of benzene rings is 2. The predicted molar refractivity (Wildman–Crippen MR) is 177 cm³/mol. The van der Waals surface area contributed by atoms with Gasteiger partial charge in [0.05, 0.1) is 23.1 Å². The van der Waals surface area contributed by atoms with E-state index in [9.17, 15) is 9.59 Å². The van der Waals surface area contributed by atoms with E-state index in [4.69, 9.17) is 9.84 Å². The largest absolute Gasteiger partial charge is 0.444 e. The molecule has 3 aromatic rings. The number of aryl methyl sites for hydroxylation is 1. The molecule has 9 heteroatoms. The van der Waals surface area contributed by atoms with Gasteiger partial charge >= 0.3 is 12.1 Å². The molecule has 3 amide bonds. The van der Waals surface area contributed by atoms with E-state index >= 15 is 0 Å². The van der Waals surface area contributed by atoms with Gasteiger partial charge < -0.3 is 10.1 Å². The van der Waals surface area contributed by atoms with Crippen molar-refractivity contribution in [3.63, 3.8) is 0 Å². The highest BCUT2D eigenvalue weighted by molar-refractivity contribution is 6.14. The van der Waals surface area contributed by atoms with Crippen LogP contribution in [0.4, 0.5) is 32.5 Å². The van der Waals surface area contributed by atoms with Gasteiger partial charge in [0.15, 0.2) is 0 Å². The smallest absolute Gasteiger partial charge is 0.413 e. The lowest BCUT2D eigenvalue weighted by Crippen LogP contribution is -2.41. The molecule has 0 unspecified atom stereocenters. The summed E-state index contributed by atoms with van der Waals surface area (Å²) in [5, 5.41) is 12.9. The summed E-state index contributed by atoms with van der Waals surface area (Å²) in [6.07, 6.45) is 6.91. The molecule has 2 aliphatic rings. The van der Waals surface area contributed by atoms with Gasteiger partial charge in [0.2, 0.25) is 0 Å². The molecule has 0 bridgehead atoms. The number of aromatic nitrogens is 1. The number of pyridine rings is 1. The Balaban J connectivity index is 1.40. The summed E-state index contributed by atoms with van der Waals surface area (Å²) in [6.45, 7) is 12.0. The maximum atomic E-state index is 14.2. The Bertz CT molecular complexity index is 1520. The molecule has 232 valence electrons. The van der Waals surface area contributed by atoms with Crippen LogP contribution in [0.5, 0.6) is 0 Å².